The minimum Gasteiger partial charge on any atom is -0.451 e. The molecule has 0 aliphatic heterocycles. The van der Waals surface area contributed by atoms with Gasteiger partial charge in [-0.1, -0.05) is 255 Å². The first-order chi connectivity index (χ1) is 44.7. The average Bonchev–Trinajstić information content (AvgIpc) is 4.67. The second-order valence-corrected chi connectivity index (χ2v) is 21.8. The first kappa shape index (κ1) is 106. The number of nitrogens with zero attached hydrogens (tertiary/aromatic N) is 11. The van der Waals surface area contributed by atoms with E-state index in [1.165, 1.54) is 28.4 Å². The summed E-state index contributed by atoms with van der Waals surface area (Å²) in [6.45, 7) is 74.0. The Kier molecular flexibility index (Phi) is 93.0. The second kappa shape index (κ2) is 81.9. The Hall–Kier alpha value is -6.17. The van der Waals surface area contributed by atoms with Crippen LogP contribution < -0.4 is 0 Å². The van der Waals surface area contributed by atoms with Crippen LogP contribution in [-0.2, 0) is 0 Å². The molecule has 14 nitrogen and oxygen atoms in total. The maximum Gasteiger partial charge on any atom is 0.196 e. The molecule has 9 rings (SSSR count). The lowest BCUT2D eigenvalue weighted by atomic mass is 10.1. The van der Waals surface area contributed by atoms with Crippen molar-refractivity contribution in [3.05, 3.63) is 183 Å². The van der Waals surface area contributed by atoms with E-state index < -0.39 is 0 Å². The average molecular weight is 1350 g/mol. The molecule has 9 heterocycles. The Morgan fingerprint density at radius 1 is 0.344 bits per heavy atom. The molecule has 0 aromatic carbocycles. The second-order valence-electron chi connectivity index (χ2n) is 19.3. The number of aromatic nitrogens is 11. The van der Waals surface area contributed by atoms with E-state index in [4.69, 9.17) is 13.3 Å². The summed E-state index contributed by atoms with van der Waals surface area (Å²) < 4.78 is 14.7. The highest BCUT2D eigenvalue weighted by Crippen LogP contribution is 2.18. The number of oxazole rings is 3. The molecule has 0 aliphatic rings. The third-order valence-electron chi connectivity index (χ3n) is 9.57. The summed E-state index contributed by atoms with van der Waals surface area (Å²) in [4.78, 5) is 45.6. The van der Waals surface area contributed by atoms with Crippen LogP contribution in [0.4, 0.5) is 0 Å². The van der Waals surface area contributed by atoms with Crippen molar-refractivity contribution in [1.82, 2.24) is 54.8 Å². The molecule has 0 spiro atoms. The summed E-state index contributed by atoms with van der Waals surface area (Å²) >= 11 is 5.10. The maximum absolute atomic E-state index is 4.98. The van der Waals surface area contributed by atoms with Crippen LogP contribution in [0.2, 0.25) is 0 Å². The smallest absolute Gasteiger partial charge is 0.196 e. The highest BCUT2D eigenvalue weighted by molar-refractivity contribution is 7.09. The zero-order valence-corrected chi connectivity index (χ0v) is 68.2. The molecule has 0 atom stereocenters. The topological polar surface area (TPSA) is 181 Å². The lowest BCUT2D eigenvalue weighted by molar-refractivity contribution is 0.471. The number of hydrogen-bond acceptors (Lipinski definition) is 17. The summed E-state index contributed by atoms with van der Waals surface area (Å²) in [5.74, 6) is 7.30. The third-order valence-corrected chi connectivity index (χ3v) is 12.3. The van der Waals surface area contributed by atoms with Gasteiger partial charge in [0.15, 0.2) is 18.7 Å². The van der Waals surface area contributed by atoms with Crippen LogP contribution in [0.25, 0.3) is 0 Å². The van der Waals surface area contributed by atoms with Gasteiger partial charge in [-0.25, -0.2) is 34.9 Å². The van der Waals surface area contributed by atoms with E-state index in [9.17, 15) is 0 Å². The fourth-order valence-corrected chi connectivity index (χ4v) is 7.02. The Balaban J connectivity index is -0.000000118. The molecule has 93 heavy (non-hydrogen) atoms. The molecule has 0 saturated heterocycles. The number of thiazole rings is 3. The molecule has 0 bridgehead atoms. The Labute approximate surface area is 584 Å². The standard InChI is InChI=1S/C8H11N.2C7H10N2.3C6H9NO.3C6H9NS.9C2H6/c1-7(2)8-5-3-4-6-9-8;1-6(2)7-5-8-3-4-9-7;1-6(2)7-8-4-3-5-9-7;1-5(2)6-3-8-4-7-6;1-5(2)6-3-7-4-8-6;1-5(2)6-7-3-4-8-6;1-5(2)6-3-8-4-7-6;1-5(2)6-3-7-4-8-6;1-5(2)6-7-3-4-8-6;9*1-2/h3-7H,1-2H3;2*3-6H,1-2H3;6*3-5H,1-2H3;9*1-2H3. The lowest BCUT2D eigenvalue weighted by Crippen LogP contribution is -1.93. The predicted molar refractivity (Wildman–Crippen MR) is 413 cm³/mol. The zero-order chi connectivity index (χ0) is 74.0. The van der Waals surface area contributed by atoms with Gasteiger partial charge in [0, 0.05) is 94.6 Å². The van der Waals surface area contributed by atoms with Crippen molar-refractivity contribution < 1.29 is 13.3 Å². The molecule has 0 fully saturated rings. The van der Waals surface area contributed by atoms with E-state index in [0.717, 1.165) is 34.6 Å². The quantitative estimate of drug-likeness (QED) is 0.133. The Morgan fingerprint density at radius 2 is 0.882 bits per heavy atom. The molecule has 0 aliphatic carbocycles. The molecular weight excluding hydrogens is 1210 g/mol. The van der Waals surface area contributed by atoms with Crippen LogP contribution in [0.1, 0.15) is 353 Å². The van der Waals surface area contributed by atoms with Gasteiger partial charge < -0.3 is 13.3 Å². The largest absolute Gasteiger partial charge is 0.451 e. The molecule has 9 aromatic rings. The van der Waals surface area contributed by atoms with Crippen molar-refractivity contribution >= 4 is 34.0 Å². The number of hydrogen-bond donors (Lipinski definition) is 0. The summed E-state index contributed by atoms with van der Waals surface area (Å²) in [5, 5.41) is 5.32. The van der Waals surface area contributed by atoms with Crippen molar-refractivity contribution in [1.29, 1.82) is 0 Å². The van der Waals surface area contributed by atoms with Crippen LogP contribution in [-0.4, -0.2) is 54.8 Å². The van der Waals surface area contributed by atoms with Gasteiger partial charge in [-0.15, -0.1) is 34.0 Å². The number of rotatable bonds is 9. The minimum absolute atomic E-state index is 0.407. The summed E-state index contributed by atoms with van der Waals surface area (Å²) in [6.07, 6.45) is 23.9. The van der Waals surface area contributed by atoms with Crippen molar-refractivity contribution in [3.8, 4) is 0 Å². The van der Waals surface area contributed by atoms with Crippen molar-refractivity contribution in [2.75, 3.05) is 0 Å². The van der Waals surface area contributed by atoms with Crippen LogP contribution in [0, 0.1) is 0 Å². The molecular formula is C76H139N11O3S3. The van der Waals surface area contributed by atoms with Crippen molar-refractivity contribution in [3.63, 3.8) is 0 Å². The van der Waals surface area contributed by atoms with Gasteiger partial charge in [0.1, 0.15) is 24.1 Å². The van der Waals surface area contributed by atoms with Crippen molar-refractivity contribution in [2.45, 2.75) is 303 Å². The predicted octanol–water partition coefficient (Wildman–Crippen LogP) is 26.8. The van der Waals surface area contributed by atoms with Gasteiger partial charge in [0.2, 0.25) is 0 Å². The van der Waals surface area contributed by atoms with Crippen molar-refractivity contribution in [2.24, 2.45) is 0 Å². The molecule has 0 saturated carbocycles. The van der Waals surface area contributed by atoms with E-state index in [1.54, 1.807) is 89.9 Å². The van der Waals surface area contributed by atoms with Crippen LogP contribution >= 0.6 is 34.0 Å². The van der Waals surface area contributed by atoms with Crippen LogP contribution in [0.3, 0.4) is 0 Å². The van der Waals surface area contributed by atoms with E-state index in [1.807, 2.05) is 198 Å². The van der Waals surface area contributed by atoms with E-state index >= 15 is 0 Å². The first-order valence-electron chi connectivity index (χ1n) is 34.5. The Bertz CT molecular complexity index is 2120. The van der Waals surface area contributed by atoms with Crippen LogP contribution in [0.15, 0.2) is 147 Å². The normalized spacial score (nSPS) is 8.87. The zero-order valence-electron chi connectivity index (χ0n) is 65.8. The van der Waals surface area contributed by atoms with Gasteiger partial charge in [-0.3, -0.25) is 19.9 Å². The fourth-order valence-electron chi connectivity index (χ4n) is 5.01. The summed E-state index contributed by atoms with van der Waals surface area (Å²) in [7, 11) is 0. The SMILES string of the molecule is CC.CC.CC.CC.CC.CC.CC.CC.CC.CC(C)c1ccccn1.CC(C)c1cnccn1.CC(C)c1cnco1.CC(C)c1cncs1.CC(C)c1cocn1.CC(C)c1cscn1.CC(C)c1ncccn1.CC(C)c1ncco1.CC(C)c1nccs1. The van der Waals surface area contributed by atoms with Gasteiger partial charge in [-0.05, 0) is 47.8 Å². The summed E-state index contributed by atoms with van der Waals surface area (Å²) in [6, 6.07) is 7.82. The first-order valence-corrected chi connectivity index (χ1v) is 37.2. The van der Waals surface area contributed by atoms with Gasteiger partial charge in [-0.2, -0.15) is 0 Å². The molecule has 17 heteroatoms. The molecule has 0 amide bonds. The van der Waals surface area contributed by atoms with Gasteiger partial charge in [0.05, 0.1) is 45.5 Å². The minimum atomic E-state index is 0.407. The van der Waals surface area contributed by atoms with Gasteiger partial charge >= 0.3 is 0 Å². The molecule has 534 valence electrons. The monoisotopic (exact) mass is 1350 g/mol. The highest BCUT2D eigenvalue weighted by atomic mass is 32.1. The van der Waals surface area contributed by atoms with E-state index in [-0.39, 0.29) is 0 Å². The van der Waals surface area contributed by atoms with Gasteiger partial charge in [0.25, 0.3) is 0 Å². The lowest BCUT2D eigenvalue weighted by Gasteiger charge is -2.00. The Morgan fingerprint density at radius 3 is 1.11 bits per heavy atom. The number of pyridine rings is 1. The third kappa shape index (κ3) is 65.7. The molecule has 0 N–H and O–H groups in total. The molecule has 9 aromatic heterocycles. The fraction of sp³-hybridized carbons (Fsp3) is 0.592. The highest BCUT2D eigenvalue weighted by Gasteiger charge is 2.03. The summed E-state index contributed by atoms with van der Waals surface area (Å²) in [5.41, 5.74) is 8.18. The molecule has 0 unspecified atom stereocenters. The maximum atomic E-state index is 4.98. The van der Waals surface area contributed by atoms with E-state index in [0.29, 0.717) is 53.3 Å². The van der Waals surface area contributed by atoms with Crippen LogP contribution in [0.5, 0.6) is 0 Å². The van der Waals surface area contributed by atoms with E-state index in [2.05, 4.69) is 171 Å². The molecule has 0 radical (unpaired) electrons.